The van der Waals surface area contributed by atoms with Gasteiger partial charge in [0.25, 0.3) is 0 Å². The minimum absolute atomic E-state index is 0.00212. The number of nitrogens with zero attached hydrogens (tertiary/aromatic N) is 1. The monoisotopic (exact) mass is 417 g/mol. The number of fused-ring (bicyclic) bond motifs is 4. The van der Waals surface area contributed by atoms with Crippen LogP contribution in [0.4, 0.5) is 0 Å². The van der Waals surface area contributed by atoms with Gasteiger partial charge in [-0.1, -0.05) is 56.1 Å². The zero-order chi connectivity index (χ0) is 22.4. The predicted octanol–water partition coefficient (Wildman–Crippen LogP) is 3.86. The van der Waals surface area contributed by atoms with E-state index in [4.69, 9.17) is 4.74 Å². The van der Waals surface area contributed by atoms with Gasteiger partial charge in [0, 0.05) is 19.4 Å². The number of allylic oxidation sites excluding steroid dienone is 5. The van der Waals surface area contributed by atoms with Gasteiger partial charge in [-0.05, 0) is 48.6 Å². The van der Waals surface area contributed by atoms with Crippen LogP contribution in [0, 0.1) is 41.4 Å². The number of amides is 1. The van der Waals surface area contributed by atoms with Gasteiger partial charge in [-0.15, -0.1) is 6.58 Å². The fourth-order valence-electron chi connectivity index (χ4n) is 4.97. The average Bonchev–Trinajstić information content (AvgIpc) is 2.76. The lowest BCUT2D eigenvalue weighted by Gasteiger charge is -2.51. The maximum absolute atomic E-state index is 13.3. The van der Waals surface area contributed by atoms with Crippen LogP contribution in [0.25, 0.3) is 0 Å². The second kappa shape index (κ2) is 10.5. The zero-order valence-corrected chi connectivity index (χ0v) is 18.6. The highest BCUT2D eigenvalue weighted by Gasteiger charge is 2.49. The molecule has 4 nitrogen and oxygen atoms in total. The molecule has 0 radical (unpaired) electrons. The van der Waals surface area contributed by atoms with Crippen LogP contribution in [0.15, 0.2) is 48.6 Å². The highest BCUT2D eigenvalue weighted by molar-refractivity contribution is 6.01. The molecule has 3 rings (SSSR count). The van der Waals surface area contributed by atoms with Crippen molar-refractivity contribution in [2.45, 2.75) is 57.7 Å². The molecule has 2 aliphatic carbocycles. The largest absolute Gasteiger partial charge is 0.380 e. The number of methoxy groups -OCH3 is 1. The molecule has 1 heterocycles. The Balaban J connectivity index is 2.15. The minimum atomic E-state index is -0.289. The second-order valence-corrected chi connectivity index (χ2v) is 8.31. The summed E-state index contributed by atoms with van der Waals surface area (Å²) in [6.07, 6.45) is 13.2. The van der Waals surface area contributed by atoms with Crippen LogP contribution in [0.2, 0.25) is 0 Å². The molecule has 6 atom stereocenters. The molecule has 0 spiro atoms. The molecule has 162 valence electrons. The first kappa shape index (κ1) is 22.9. The van der Waals surface area contributed by atoms with Gasteiger partial charge in [-0.2, -0.15) is 0 Å². The number of carbonyl (C=O) groups excluding carboxylic acids is 2. The Kier molecular flexibility index (Phi) is 7.72. The van der Waals surface area contributed by atoms with E-state index in [1.165, 1.54) is 0 Å². The van der Waals surface area contributed by atoms with Crippen LogP contribution in [0.3, 0.4) is 0 Å². The van der Waals surface area contributed by atoms with E-state index in [1.54, 1.807) is 37.5 Å². The number of carbonyl (C=O) groups is 2. The van der Waals surface area contributed by atoms with Gasteiger partial charge in [0.15, 0.2) is 5.78 Å². The first-order valence-electron chi connectivity index (χ1n) is 11.1. The molecule has 1 amide bonds. The molecule has 0 saturated carbocycles. The molecule has 0 aromatic rings. The molecule has 0 aromatic carbocycles. The highest BCUT2D eigenvalue weighted by Crippen LogP contribution is 2.45. The summed E-state index contributed by atoms with van der Waals surface area (Å²) in [5.74, 6) is 12.8. The van der Waals surface area contributed by atoms with E-state index in [-0.39, 0.29) is 47.6 Å². The van der Waals surface area contributed by atoms with Crippen molar-refractivity contribution in [2.75, 3.05) is 7.11 Å². The Labute approximate surface area is 186 Å². The van der Waals surface area contributed by atoms with Gasteiger partial charge in [0.05, 0.1) is 24.1 Å². The summed E-state index contributed by atoms with van der Waals surface area (Å²) in [6, 6.07) is -0.559. The average molecular weight is 418 g/mol. The lowest BCUT2D eigenvalue weighted by Crippen LogP contribution is -2.58. The maximum Gasteiger partial charge on any atom is 0.224 e. The molecule has 3 aliphatic rings. The van der Waals surface area contributed by atoms with E-state index in [0.717, 1.165) is 18.4 Å². The summed E-state index contributed by atoms with van der Waals surface area (Å²) in [4.78, 5) is 27.5. The summed E-state index contributed by atoms with van der Waals surface area (Å²) in [5, 5.41) is 0. The Morgan fingerprint density at radius 3 is 2.74 bits per heavy atom. The van der Waals surface area contributed by atoms with Crippen molar-refractivity contribution in [3.8, 4) is 23.7 Å². The van der Waals surface area contributed by atoms with Crippen molar-refractivity contribution in [3.63, 3.8) is 0 Å². The van der Waals surface area contributed by atoms with Crippen molar-refractivity contribution in [2.24, 2.45) is 17.8 Å². The van der Waals surface area contributed by atoms with Crippen molar-refractivity contribution < 1.29 is 14.3 Å². The maximum atomic E-state index is 13.3. The Morgan fingerprint density at radius 1 is 1.32 bits per heavy atom. The van der Waals surface area contributed by atoms with Gasteiger partial charge >= 0.3 is 0 Å². The molecule has 1 aliphatic heterocycles. The summed E-state index contributed by atoms with van der Waals surface area (Å²) >= 11 is 0. The second-order valence-electron chi connectivity index (χ2n) is 8.31. The van der Waals surface area contributed by atoms with E-state index in [0.29, 0.717) is 12.8 Å². The molecule has 2 bridgehead atoms. The van der Waals surface area contributed by atoms with Crippen LogP contribution in [-0.2, 0) is 14.3 Å². The number of piperidine rings is 1. The predicted molar refractivity (Wildman–Crippen MR) is 123 cm³/mol. The van der Waals surface area contributed by atoms with Crippen LogP contribution >= 0.6 is 0 Å². The summed E-state index contributed by atoms with van der Waals surface area (Å²) in [7, 11) is 1.73. The fourth-order valence-corrected chi connectivity index (χ4v) is 4.97. The van der Waals surface area contributed by atoms with E-state index in [9.17, 15) is 9.59 Å². The standard InChI is InChI=1S/C27H31NO3/c1-5-7-15-26(30)28-23-14-11-9-8-10-13-21(25(31-4)12-6-2)27(19(23)3)22-18-20(29)16-17-24(22)28/h5,8-9,16-19,21,23-25,27H,1,6-7,12,15H2,2-4H3/b9-8-. The van der Waals surface area contributed by atoms with Gasteiger partial charge in [0.2, 0.25) is 5.91 Å². The van der Waals surface area contributed by atoms with Crippen LogP contribution < -0.4 is 0 Å². The van der Waals surface area contributed by atoms with Crippen molar-refractivity contribution in [3.05, 3.63) is 48.6 Å². The smallest absolute Gasteiger partial charge is 0.224 e. The third kappa shape index (κ3) is 4.76. The van der Waals surface area contributed by atoms with Gasteiger partial charge in [-0.25, -0.2) is 0 Å². The van der Waals surface area contributed by atoms with Gasteiger partial charge in [-0.3, -0.25) is 9.59 Å². The summed E-state index contributed by atoms with van der Waals surface area (Å²) < 4.78 is 5.89. The van der Waals surface area contributed by atoms with Gasteiger partial charge < -0.3 is 9.64 Å². The number of hydrogen-bond acceptors (Lipinski definition) is 3. The summed E-state index contributed by atoms with van der Waals surface area (Å²) in [6.45, 7) is 8.00. The first-order chi connectivity index (χ1) is 15.0. The molecule has 1 fully saturated rings. The molecular formula is C27H31NO3. The fraction of sp³-hybridized carbons (Fsp3) is 0.481. The molecular weight excluding hydrogens is 386 g/mol. The van der Waals surface area contributed by atoms with E-state index >= 15 is 0 Å². The molecule has 0 aromatic heterocycles. The lowest BCUT2D eigenvalue weighted by atomic mass is 9.65. The Hall–Kier alpha value is -2.82. The van der Waals surface area contributed by atoms with Gasteiger partial charge in [0.1, 0.15) is 0 Å². The van der Waals surface area contributed by atoms with E-state index in [1.807, 2.05) is 11.0 Å². The number of hydrogen-bond donors (Lipinski definition) is 0. The van der Waals surface area contributed by atoms with Crippen LogP contribution in [0.1, 0.15) is 39.5 Å². The molecule has 0 N–H and O–H groups in total. The summed E-state index contributed by atoms with van der Waals surface area (Å²) in [5.41, 5.74) is 0.951. The first-order valence-corrected chi connectivity index (χ1v) is 11.1. The van der Waals surface area contributed by atoms with Crippen LogP contribution in [0.5, 0.6) is 0 Å². The molecule has 6 unspecified atom stereocenters. The highest BCUT2D eigenvalue weighted by atomic mass is 16.5. The van der Waals surface area contributed by atoms with E-state index in [2.05, 4.69) is 44.1 Å². The minimum Gasteiger partial charge on any atom is -0.380 e. The van der Waals surface area contributed by atoms with Crippen molar-refractivity contribution >= 4 is 11.7 Å². The van der Waals surface area contributed by atoms with Crippen LogP contribution in [-0.4, -0.2) is 41.9 Å². The third-order valence-electron chi connectivity index (χ3n) is 6.39. The molecule has 4 heteroatoms. The normalized spacial score (nSPS) is 30.5. The Morgan fingerprint density at radius 2 is 2.06 bits per heavy atom. The van der Waals surface area contributed by atoms with Crippen molar-refractivity contribution in [1.29, 1.82) is 0 Å². The number of ketones is 1. The molecule has 1 saturated heterocycles. The molecule has 31 heavy (non-hydrogen) atoms. The van der Waals surface area contributed by atoms with E-state index < -0.39 is 0 Å². The third-order valence-corrected chi connectivity index (χ3v) is 6.39. The number of likely N-dealkylation sites (tertiary alicyclic amines) is 1. The zero-order valence-electron chi connectivity index (χ0n) is 18.6. The lowest BCUT2D eigenvalue weighted by molar-refractivity contribution is -0.137. The van der Waals surface area contributed by atoms with Crippen molar-refractivity contribution in [1.82, 2.24) is 4.90 Å². The quantitative estimate of drug-likeness (QED) is 0.467. The number of rotatable bonds is 7. The SMILES string of the molecule is C=CCCC(=O)N1C2C=CC(=O)C=C2C2C(C)C1C#C/C=C\C#CC2C(CCC)OC. The number of ether oxygens (including phenoxy) is 1. The topological polar surface area (TPSA) is 46.6 Å². The Bertz CT molecular complexity index is 933.